The zero-order chi connectivity index (χ0) is 22.0. The summed E-state index contributed by atoms with van der Waals surface area (Å²) in [5.74, 6) is 1.32. The minimum absolute atomic E-state index is 0.0250. The van der Waals surface area contributed by atoms with Gasteiger partial charge in [-0.15, -0.1) is 0 Å². The van der Waals surface area contributed by atoms with Crippen molar-refractivity contribution in [1.29, 1.82) is 0 Å². The maximum Gasteiger partial charge on any atom is 0.322 e. The number of carbonyl (C=O) groups is 1. The molecule has 1 atom stereocenters. The van der Waals surface area contributed by atoms with Gasteiger partial charge in [0.1, 0.15) is 6.10 Å². The van der Waals surface area contributed by atoms with Crippen molar-refractivity contribution in [3.63, 3.8) is 0 Å². The van der Waals surface area contributed by atoms with Gasteiger partial charge in [-0.25, -0.2) is 4.98 Å². The number of morpholine rings is 1. The molecule has 3 heterocycles. The Balaban J connectivity index is 1.54. The van der Waals surface area contributed by atoms with E-state index in [1.165, 1.54) is 11.3 Å². The van der Waals surface area contributed by atoms with Crippen LogP contribution in [0, 0.1) is 5.92 Å². The fraction of sp³-hybridized carbons (Fsp3) is 0.650. The van der Waals surface area contributed by atoms with Crippen LogP contribution in [0.25, 0.3) is 10.7 Å². The Morgan fingerprint density at radius 1 is 1.26 bits per heavy atom. The molecule has 1 unspecified atom stereocenters. The average molecular weight is 448 g/mol. The lowest BCUT2D eigenvalue weighted by atomic mass is 9.86. The standard InChI is InChI=1S/C20H29N7O3S/c1-12-11-29-9-8-27(12)19-23-16(15-10-22-18(21)31-15)24-20(25-19)30-14-6-4-13(5-7-14)17(28)26(2)3/h10,12-14H,4-9,11H2,1-3H3,(H2,21,22). The van der Waals surface area contributed by atoms with Gasteiger partial charge in [0.2, 0.25) is 11.9 Å². The summed E-state index contributed by atoms with van der Waals surface area (Å²) in [6.07, 6.45) is 4.84. The van der Waals surface area contributed by atoms with Crippen LogP contribution < -0.4 is 15.4 Å². The number of hydrogen-bond acceptors (Lipinski definition) is 10. The third-order valence-electron chi connectivity index (χ3n) is 5.71. The van der Waals surface area contributed by atoms with E-state index in [1.54, 1.807) is 25.2 Å². The first-order chi connectivity index (χ1) is 14.9. The molecule has 1 amide bonds. The van der Waals surface area contributed by atoms with E-state index in [0.29, 0.717) is 42.7 Å². The number of rotatable bonds is 5. The first kappa shape index (κ1) is 21.7. The number of anilines is 2. The molecule has 1 saturated carbocycles. The number of nitrogens with zero attached hydrogens (tertiary/aromatic N) is 6. The normalized spacial score (nSPS) is 24.1. The summed E-state index contributed by atoms with van der Waals surface area (Å²) in [7, 11) is 3.61. The van der Waals surface area contributed by atoms with Gasteiger partial charge in [-0.3, -0.25) is 4.79 Å². The number of hydrogen-bond donors (Lipinski definition) is 1. The Hall–Kier alpha value is -2.53. The molecule has 10 nitrogen and oxygen atoms in total. The van der Waals surface area contributed by atoms with Gasteiger partial charge in [0.25, 0.3) is 0 Å². The lowest BCUT2D eigenvalue weighted by Crippen LogP contribution is -2.44. The summed E-state index contributed by atoms with van der Waals surface area (Å²) in [6, 6.07) is 0.448. The zero-order valence-electron chi connectivity index (χ0n) is 18.2. The van der Waals surface area contributed by atoms with Crippen molar-refractivity contribution in [2.75, 3.05) is 44.5 Å². The molecular formula is C20H29N7O3S. The molecule has 1 aliphatic heterocycles. The van der Waals surface area contributed by atoms with Gasteiger partial charge in [-0.05, 0) is 32.6 Å². The highest BCUT2D eigenvalue weighted by atomic mass is 32.1. The molecule has 0 bridgehead atoms. The molecular weight excluding hydrogens is 418 g/mol. The Bertz CT molecular complexity index is 914. The van der Waals surface area contributed by atoms with E-state index in [4.69, 9.17) is 15.2 Å². The lowest BCUT2D eigenvalue weighted by Gasteiger charge is -2.33. The summed E-state index contributed by atoms with van der Waals surface area (Å²) in [6.45, 7) is 4.02. The SMILES string of the molecule is CC1COCCN1c1nc(OC2CCC(C(=O)N(C)C)CC2)nc(-c2cnc(N)s2)n1. The third-order valence-corrected chi connectivity index (χ3v) is 6.53. The van der Waals surface area contributed by atoms with Gasteiger partial charge in [-0.2, -0.15) is 15.0 Å². The first-order valence-electron chi connectivity index (χ1n) is 10.6. The highest BCUT2D eigenvalue weighted by Crippen LogP contribution is 2.31. The van der Waals surface area contributed by atoms with Crippen LogP contribution in [0.3, 0.4) is 0 Å². The maximum absolute atomic E-state index is 12.2. The van der Waals surface area contributed by atoms with Crippen molar-refractivity contribution in [3.8, 4) is 16.7 Å². The Labute approximate surface area is 185 Å². The number of thiazole rings is 1. The number of carbonyl (C=O) groups excluding carboxylic acids is 1. The quantitative estimate of drug-likeness (QED) is 0.732. The van der Waals surface area contributed by atoms with Crippen molar-refractivity contribution in [2.45, 2.75) is 44.8 Å². The second-order valence-electron chi connectivity index (χ2n) is 8.25. The molecule has 168 valence electrons. The molecule has 0 spiro atoms. The van der Waals surface area contributed by atoms with E-state index in [9.17, 15) is 4.79 Å². The average Bonchev–Trinajstić information content (AvgIpc) is 3.20. The summed E-state index contributed by atoms with van der Waals surface area (Å²) >= 11 is 1.33. The van der Waals surface area contributed by atoms with Crippen LogP contribution >= 0.6 is 11.3 Å². The minimum atomic E-state index is -0.0250. The highest BCUT2D eigenvalue weighted by molar-refractivity contribution is 7.18. The topological polar surface area (TPSA) is 120 Å². The maximum atomic E-state index is 12.2. The number of nitrogens with two attached hydrogens (primary N) is 1. The molecule has 0 aromatic carbocycles. The van der Waals surface area contributed by atoms with Gasteiger partial charge >= 0.3 is 6.01 Å². The van der Waals surface area contributed by atoms with Crippen molar-refractivity contribution in [3.05, 3.63) is 6.20 Å². The zero-order valence-corrected chi connectivity index (χ0v) is 19.0. The van der Waals surface area contributed by atoms with E-state index < -0.39 is 0 Å². The molecule has 11 heteroatoms. The van der Waals surface area contributed by atoms with Crippen LogP contribution in [0.1, 0.15) is 32.6 Å². The van der Waals surface area contributed by atoms with Crippen molar-refractivity contribution >= 4 is 28.3 Å². The van der Waals surface area contributed by atoms with Crippen LogP contribution in [0.15, 0.2) is 6.20 Å². The van der Waals surface area contributed by atoms with Crippen LogP contribution in [0.2, 0.25) is 0 Å². The van der Waals surface area contributed by atoms with Crippen molar-refractivity contribution < 1.29 is 14.3 Å². The van der Waals surface area contributed by atoms with E-state index in [2.05, 4.69) is 31.8 Å². The van der Waals surface area contributed by atoms with Crippen LogP contribution in [-0.4, -0.2) is 76.7 Å². The fourth-order valence-corrected chi connectivity index (χ4v) is 4.61. The molecule has 4 rings (SSSR count). The molecule has 2 aliphatic rings. The second kappa shape index (κ2) is 9.31. The second-order valence-corrected chi connectivity index (χ2v) is 9.31. The lowest BCUT2D eigenvalue weighted by molar-refractivity contribution is -0.134. The fourth-order valence-electron chi connectivity index (χ4n) is 3.99. The summed E-state index contributed by atoms with van der Waals surface area (Å²) in [5, 5.41) is 0.461. The van der Waals surface area contributed by atoms with Crippen LogP contribution in [0.5, 0.6) is 6.01 Å². The molecule has 0 radical (unpaired) electrons. The Morgan fingerprint density at radius 2 is 2.03 bits per heavy atom. The summed E-state index contributed by atoms with van der Waals surface area (Å²) < 4.78 is 11.7. The van der Waals surface area contributed by atoms with E-state index in [0.717, 1.165) is 30.6 Å². The van der Waals surface area contributed by atoms with Crippen LogP contribution in [-0.2, 0) is 9.53 Å². The van der Waals surface area contributed by atoms with E-state index >= 15 is 0 Å². The predicted molar refractivity (Wildman–Crippen MR) is 118 cm³/mol. The van der Waals surface area contributed by atoms with Gasteiger partial charge in [-0.1, -0.05) is 11.3 Å². The molecule has 31 heavy (non-hydrogen) atoms. The smallest absolute Gasteiger partial charge is 0.322 e. The van der Waals surface area contributed by atoms with Gasteiger partial charge in [0.15, 0.2) is 11.0 Å². The third kappa shape index (κ3) is 5.04. The van der Waals surface area contributed by atoms with Gasteiger partial charge < -0.3 is 25.0 Å². The molecule has 1 saturated heterocycles. The summed E-state index contributed by atoms with van der Waals surface area (Å²) in [4.78, 5) is 34.7. The van der Waals surface area contributed by atoms with E-state index in [-0.39, 0.29) is 24.0 Å². The molecule has 1 aliphatic carbocycles. The molecule has 2 N–H and O–H groups in total. The predicted octanol–water partition coefficient (Wildman–Crippen LogP) is 1.83. The first-order valence-corrected chi connectivity index (χ1v) is 11.4. The Kier molecular flexibility index (Phi) is 6.51. The molecule has 2 aromatic heterocycles. The number of nitrogen functional groups attached to an aromatic ring is 1. The molecule has 2 aromatic rings. The number of amides is 1. The van der Waals surface area contributed by atoms with E-state index in [1.807, 2.05) is 0 Å². The van der Waals surface area contributed by atoms with Crippen LogP contribution in [0.4, 0.5) is 11.1 Å². The molecule has 2 fully saturated rings. The van der Waals surface area contributed by atoms with Gasteiger partial charge in [0, 0.05) is 26.6 Å². The van der Waals surface area contributed by atoms with Gasteiger partial charge in [0.05, 0.1) is 30.3 Å². The minimum Gasteiger partial charge on any atom is -0.460 e. The Morgan fingerprint density at radius 3 is 2.68 bits per heavy atom. The number of aromatic nitrogens is 4. The number of ether oxygens (including phenoxy) is 2. The largest absolute Gasteiger partial charge is 0.460 e. The monoisotopic (exact) mass is 447 g/mol. The highest BCUT2D eigenvalue weighted by Gasteiger charge is 2.30. The summed E-state index contributed by atoms with van der Waals surface area (Å²) in [5.41, 5.74) is 5.81. The van der Waals surface area contributed by atoms with Crippen molar-refractivity contribution in [2.24, 2.45) is 5.92 Å². The van der Waals surface area contributed by atoms with Crippen molar-refractivity contribution in [1.82, 2.24) is 24.8 Å².